The molecule has 0 atom stereocenters. The number of fused-ring (bicyclic) bond motifs is 1. The third kappa shape index (κ3) is 5.67. The first-order valence-electron chi connectivity index (χ1n) is 11.2. The zero-order chi connectivity index (χ0) is 19.6. The largest absolute Gasteiger partial charge is 0.288 e. The van der Waals surface area contributed by atoms with Crippen molar-refractivity contribution in [1.82, 2.24) is 5.32 Å². The molecule has 150 valence electrons. The van der Waals surface area contributed by atoms with Crippen LogP contribution in [0.2, 0.25) is 0 Å². The van der Waals surface area contributed by atoms with Crippen LogP contribution in [0.4, 0.5) is 0 Å². The smallest absolute Gasteiger partial charge is 0.259 e. The van der Waals surface area contributed by atoms with Crippen molar-refractivity contribution in [2.24, 2.45) is 0 Å². The molecule has 27 heavy (non-hydrogen) atoms. The highest BCUT2D eigenvalue weighted by Gasteiger charge is 2.31. The third-order valence-corrected chi connectivity index (χ3v) is 5.86. The highest BCUT2D eigenvalue weighted by Crippen LogP contribution is 2.29. The molecule has 0 aliphatic carbocycles. The zero-order valence-electron chi connectivity index (χ0n) is 17.6. The number of aryl methyl sites for hydroxylation is 1. The van der Waals surface area contributed by atoms with Crippen LogP contribution in [0.15, 0.2) is 6.07 Å². The molecule has 1 aliphatic rings. The molecule has 0 saturated heterocycles. The molecule has 0 unspecified atom stereocenters. The van der Waals surface area contributed by atoms with Crippen LogP contribution in [-0.2, 0) is 19.3 Å². The van der Waals surface area contributed by atoms with Gasteiger partial charge in [-0.2, -0.15) is 0 Å². The maximum atomic E-state index is 12.3. The Balaban J connectivity index is 1.89. The molecule has 2 rings (SSSR count). The second-order valence-electron chi connectivity index (χ2n) is 7.84. The molecule has 0 spiro atoms. The molecular formula is C24H37NO2. The Kier molecular flexibility index (Phi) is 9.03. The molecule has 3 heteroatoms. The SMILES string of the molecule is CCCCCCCCCCCCc1c(CC)c(CC)cc2c1C(=O)NC2=O. The number of benzene rings is 1. The number of carbonyl (C=O) groups is 2. The number of rotatable bonds is 13. The summed E-state index contributed by atoms with van der Waals surface area (Å²) in [7, 11) is 0. The summed E-state index contributed by atoms with van der Waals surface area (Å²) >= 11 is 0. The van der Waals surface area contributed by atoms with Crippen molar-refractivity contribution in [3.63, 3.8) is 0 Å². The summed E-state index contributed by atoms with van der Waals surface area (Å²) < 4.78 is 0. The second kappa shape index (κ2) is 11.3. The number of amides is 2. The standard InChI is InChI=1S/C24H37NO2/c1-4-7-8-9-10-11-12-13-14-15-16-20-19(6-3)18(5-2)17-21-22(20)24(27)25-23(21)26/h17H,4-16H2,1-3H3,(H,25,26,27). The fourth-order valence-corrected chi connectivity index (χ4v) is 4.33. The Morgan fingerprint density at radius 3 is 1.85 bits per heavy atom. The van der Waals surface area contributed by atoms with Crippen LogP contribution < -0.4 is 5.32 Å². The van der Waals surface area contributed by atoms with Crippen molar-refractivity contribution in [2.45, 2.75) is 104 Å². The molecule has 0 bridgehead atoms. The summed E-state index contributed by atoms with van der Waals surface area (Å²) in [4.78, 5) is 24.4. The molecule has 0 aromatic heterocycles. The summed E-state index contributed by atoms with van der Waals surface area (Å²) in [5.41, 5.74) is 4.90. The first-order valence-corrected chi connectivity index (χ1v) is 11.2. The number of nitrogens with one attached hydrogen (secondary N) is 1. The first-order chi connectivity index (χ1) is 13.1. The molecule has 1 N–H and O–H groups in total. The minimum Gasteiger partial charge on any atom is -0.288 e. The maximum absolute atomic E-state index is 12.3. The Hall–Kier alpha value is -1.64. The zero-order valence-corrected chi connectivity index (χ0v) is 17.6. The van der Waals surface area contributed by atoms with Crippen LogP contribution in [0.1, 0.15) is 122 Å². The third-order valence-electron chi connectivity index (χ3n) is 5.86. The van der Waals surface area contributed by atoms with E-state index in [1.807, 2.05) is 6.07 Å². The quantitative estimate of drug-likeness (QED) is 0.333. The number of unbranched alkanes of at least 4 members (excludes halogenated alkanes) is 9. The Morgan fingerprint density at radius 2 is 1.30 bits per heavy atom. The average Bonchev–Trinajstić information content (AvgIpc) is 2.96. The molecule has 1 heterocycles. The number of imide groups is 1. The number of carbonyl (C=O) groups excluding carboxylic acids is 2. The summed E-state index contributed by atoms with van der Waals surface area (Å²) in [6.45, 7) is 6.53. The van der Waals surface area contributed by atoms with Crippen molar-refractivity contribution in [3.8, 4) is 0 Å². The lowest BCUT2D eigenvalue weighted by molar-refractivity contribution is 0.0879. The van der Waals surface area contributed by atoms with Crippen molar-refractivity contribution < 1.29 is 9.59 Å². The monoisotopic (exact) mass is 371 g/mol. The number of hydrogen-bond donors (Lipinski definition) is 1. The summed E-state index contributed by atoms with van der Waals surface area (Å²) in [6, 6.07) is 1.94. The van der Waals surface area contributed by atoms with Gasteiger partial charge >= 0.3 is 0 Å². The molecule has 0 saturated carbocycles. The molecule has 1 aliphatic heterocycles. The predicted molar refractivity (Wildman–Crippen MR) is 113 cm³/mol. The van der Waals surface area contributed by atoms with Crippen molar-refractivity contribution in [2.75, 3.05) is 0 Å². The van der Waals surface area contributed by atoms with Gasteiger partial charge in [0.15, 0.2) is 0 Å². The van der Waals surface area contributed by atoms with Gasteiger partial charge in [0, 0.05) is 0 Å². The van der Waals surface area contributed by atoms with Crippen molar-refractivity contribution >= 4 is 11.8 Å². The van der Waals surface area contributed by atoms with Gasteiger partial charge in [-0.1, -0.05) is 78.6 Å². The average molecular weight is 372 g/mol. The van der Waals surface area contributed by atoms with E-state index >= 15 is 0 Å². The fraction of sp³-hybridized carbons (Fsp3) is 0.667. The van der Waals surface area contributed by atoms with E-state index in [1.54, 1.807) is 0 Å². The highest BCUT2D eigenvalue weighted by atomic mass is 16.2. The molecule has 3 nitrogen and oxygen atoms in total. The molecule has 2 amide bonds. The molecule has 0 radical (unpaired) electrons. The molecule has 1 aromatic carbocycles. The molecular weight excluding hydrogens is 334 g/mol. The van der Waals surface area contributed by atoms with Gasteiger partial charge in [0.25, 0.3) is 11.8 Å². The number of hydrogen-bond acceptors (Lipinski definition) is 2. The van der Waals surface area contributed by atoms with E-state index in [0.29, 0.717) is 11.1 Å². The van der Waals surface area contributed by atoms with E-state index in [2.05, 4.69) is 26.1 Å². The lowest BCUT2D eigenvalue weighted by Crippen LogP contribution is -2.20. The van der Waals surface area contributed by atoms with Crippen LogP contribution in [0.3, 0.4) is 0 Å². The van der Waals surface area contributed by atoms with Crippen LogP contribution in [0.5, 0.6) is 0 Å². The minimum atomic E-state index is -0.225. The van der Waals surface area contributed by atoms with Gasteiger partial charge < -0.3 is 0 Å². The van der Waals surface area contributed by atoms with Gasteiger partial charge in [0.2, 0.25) is 0 Å². The topological polar surface area (TPSA) is 46.2 Å². The van der Waals surface area contributed by atoms with E-state index in [1.165, 1.54) is 68.9 Å². The van der Waals surface area contributed by atoms with E-state index < -0.39 is 0 Å². The molecule has 1 aromatic rings. The van der Waals surface area contributed by atoms with Crippen molar-refractivity contribution in [3.05, 3.63) is 33.9 Å². The Bertz CT molecular complexity index is 648. The van der Waals surface area contributed by atoms with Gasteiger partial charge in [-0.05, 0) is 48.4 Å². The first kappa shape index (κ1) is 21.7. The lowest BCUT2D eigenvalue weighted by atomic mass is 9.87. The van der Waals surface area contributed by atoms with E-state index in [0.717, 1.165) is 31.2 Å². The predicted octanol–water partition coefficient (Wildman–Crippen LogP) is 6.16. The van der Waals surface area contributed by atoms with Gasteiger partial charge in [0.1, 0.15) is 0 Å². The lowest BCUT2D eigenvalue weighted by Gasteiger charge is -2.16. The summed E-state index contributed by atoms with van der Waals surface area (Å²) in [5, 5.41) is 2.49. The van der Waals surface area contributed by atoms with E-state index in [-0.39, 0.29) is 11.8 Å². The van der Waals surface area contributed by atoms with Crippen LogP contribution in [0, 0.1) is 0 Å². The summed E-state index contributed by atoms with van der Waals surface area (Å²) in [5.74, 6) is -0.425. The second-order valence-corrected chi connectivity index (χ2v) is 7.84. The molecule has 0 fully saturated rings. The minimum absolute atomic E-state index is 0.200. The normalized spacial score (nSPS) is 13.1. The highest BCUT2D eigenvalue weighted by molar-refractivity contribution is 6.22. The van der Waals surface area contributed by atoms with E-state index in [9.17, 15) is 9.59 Å². The van der Waals surface area contributed by atoms with Gasteiger partial charge in [-0.15, -0.1) is 0 Å². The van der Waals surface area contributed by atoms with Crippen molar-refractivity contribution in [1.29, 1.82) is 0 Å². The van der Waals surface area contributed by atoms with Gasteiger partial charge in [0.05, 0.1) is 11.1 Å². The Labute approximate surface area is 165 Å². The van der Waals surface area contributed by atoms with Gasteiger partial charge in [-0.25, -0.2) is 0 Å². The summed E-state index contributed by atoms with van der Waals surface area (Å²) in [6.07, 6.45) is 15.8. The van der Waals surface area contributed by atoms with Crippen LogP contribution >= 0.6 is 0 Å². The maximum Gasteiger partial charge on any atom is 0.259 e. The van der Waals surface area contributed by atoms with E-state index in [4.69, 9.17) is 0 Å². The fourth-order valence-electron chi connectivity index (χ4n) is 4.33. The Morgan fingerprint density at radius 1 is 0.704 bits per heavy atom. The van der Waals surface area contributed by atoms with Gasteiger partial charge in [-0.3, -0.25) is 14.9 Å². The van der Waals surface area contributed by atoms with Crippen LogP contribution in [0.25, 0.3) is 0 Å². The van der Waals surface area contributed by atoms with Crippen LogP contribution in [-0.4, -0.2) is 11.8 Å².